The number of piperidine rings is 1. The van der Waals surface area contributed by atoms with Gasteiger partial charge in [-0.1, -0.05) is 23.8 Å². The predicted molar refractivity (Wildman–Crippen MR) is 102 cm³/mol. The van der Waals surface area contributed by atoms with Gasteiger partial charge in [-0.25, -0.2) is 0 Å². The monoisotopic (exact) mass is 348 g/mol. The van der Waals surface area contributed by atoms with Crippen molar-refractivity contribution in [3.05, 3.63) is 41.7 Å². The smallest absolute Gasteiger partial charge is 0.0568 e. The summed E-state index contributed by atoms with van der Waals surface area (Å²) in [7, 11) is 1.97. The average molecular weight is 349 g/mol. The van der Waals surface area contributed by atoms with Crippen LogP contribution in [0.2, 0.25) is 0 Å². The van der Waals surface area contributed by atoms with Gasteiger partial charge in [0, 0.05) is 31.9 Å². The van der Waals surface area contributed by atoms with Crippen LogP contribution >= 0.6 is 12.4 Å². The highest BCUT2D eigenvalue weighted by Gasteiger charge is 2.20. The molecule has 2 aromatic rings. The second-order valence-corrected chi connectivity index (χ2v) is 6.88. The van der Waals surface area contributed by atoms with Crippen LogP contribution in [0.4, 0.5) is 0 Å². The van der Waals surface area contributed by atoms with Crippen molar-refractivity contribution in [1.29, 1.82) is 0 Å². The van der Waals surface area contributed by atoms with Crippen molar-refractivity contribution in [2.45, 2.75) is 32.7 Å². The molecule has 1 saturated heterocycles. The molecule has 3 rings (SSSR count). The third-order valence-corrected chi connectivity index (χ3v) is 4.85. The number of halogens is 1. The fraction of sp³-hybridized carbons (Fsp3) is 0.526. The maximum atomic E-state index is 5.75. The Morgan fingerprint density at radius 2 is 2.17 bits per heavy atom. The quantitative estimate of drug-likeness (QED) is 0.901. The van der Waals surface area contributed by atoms with E-state index in [1.54, 1.807) is 0 Å². The lowest BCUT2D eigenvalue weighted by Gasteiger charge is -2.33. The molecule has 132 valence electrons. The first-order valence-electron chi connectivity index (χ1n) is 8.66. The van der Waals surface area contributed by atoms with E-state index in [0.29, 0.717) is 0 Å². The number of hydrogen-bond donors (Lipinski definition) is 1. The lowest BCUT2D eigenvalue weighted by Crippen LogP contribution is -2.35. The number of rotatable bonds is 5. The molecule has 0 aliphatic carbocycles. The number of aromatic nitrogens is 2. The molecule has 5 heteroatoms. The van der Waals surface area contributed by atoms with Gasteiger partial charge in [0.15, 0.2) is 0 Å². The Kier molecular flexibility index (Phi) is 6.84. The summed E-state index contributed by atoms with van der Waals surface area (Å²) in [6.45, 7) is 6.36. The highest BCUT2D eigenvalue weighted by molar-refractivity contribution is 5.85. The Hall–Kier alpha value is -1.36. The van der Waals surface area contributed by atoms with Crippen molar-refractivity contribution in [3.8, 4) is 11.1 Å². The molecule has 1 aromatic heterocycles. The zero-order valence-corrected chi connectivity index (χ0v) is 15.6. The van der Waals surface area contributed by atoms with E-state index in [4.69, 9.17) is 5.73 Å². The molecule has 0 bridgehead atoms. The number of aryl methyl sites for hydroxylation is 2. The molecule has 1 unspecified atom stereocenters. The van der Waals surface area contributed by atoms with Gasteiger partial charge < -0.3 is 5.73 Å². The number of benzene rings is 1. The zero-order valence-electron chi connectivity index (χ0n) is 14.7. The molecular formula is C19H29ClN4. The van der Waals surface area contributed by atoms with Crippen molar-refractivity contribution in [2.24, 2.45) is 18.7 Å². The van der Waals surface area contributed by atoms with E-state index in [2.05, 4.69) is 41.3 Å². The molecule has 4 nitrogen and oxygen atoms in total. The van der Waals surface area contributed by atoms with Crippen LogP contribution in [0, 0.1) is 12.8 Å². The largest absolute Gasteiger partial charge is 0.330 e. The molecule has 2 heterocycles. The molecule has 1 atom stereocenters. The molecule has 2 N–H and O–H groups in total. The summed E-state index contributed by atoms with van der Waals surface area (Å²) in [5.74, 6) is 0.765. The van der Waals surface area contributed by atoms with Crippen LogP contribution in [0.25, 0.3) is 11.1 Å². The summed E-state index contributed by atoms with van der Waals surface area (Å²) >= 11 is 0. The number of nitrogens with zero attached hydrogens (tertiary/aromatic N) is 3. The van der Waals surface area contributed by atoms with Gasteiger partial charge in [-0.15, -0.1) is 12.4 Å². The summed E-state index contributed by atoms with van der Waals surface area (Å²) in [6.07, 6.45) is 7.84. The van der Waals surface area contributed by atoms with E-state index in [1.165, 1.54) is 48.2 Å². The zero-order chi connectivity index (χ0) is 16.2. The van der Waals surface area contributed by atoms with Gasteiger partial charge >= 0.3 is 0 Å². The highest BCUT2D eigenvalue weighted by atomic mass is 35.5. The van der Waals surface area contributed by atoms with Gasteiger partial charge in [-0.2, -0.15) is 5.10 Å². The second kappa shape index (κ2) is 8.65. The van der Waals surface area contributed by atoms with Crippen molar-refractivity contribution < 1.29 is 0 Å². The minimum atomic E-state index is 0. The topological polar surface area (TPSA) is 47.1 Å². The molecule has 0 amide bonds. The SMILES string of the molecule is Cc1ccc(CN2CCCC(CCN)C2)c(-c2cnn(C)c2)c1.Cl. The lowest BCUT2D eigenvalue weighted by atomic mass is 9.93. The second-order valence-electron chi connectivity index (χ2n) is 6.88. The van der Waals surface area contributed by atoms with Crippen LogP contribution in [0.3, 0.4) is 0 Å². The molecule has 1 aliphatic rings. The molecule has 0 spiro atoms. The normalized spacial score (nSPS) is 18.4. The van der Waals surface area contributed by atoms with Crippen LogP contribution < -0.4 is 5.73 Å². The van der Waals surface area contributed by atoms with Gasteiger partial charge in [0.05, 0.1) is 6.20 Å². The van der Waals surface area contributed by atoms with Crippen molar-refractivity contribution in [2.75, 3.05) is 19.6 Å². The number of likely N-dealkylation sites (tertiary alicyclic amines) is 1. The van der Waals surface area contributed by atoms with Crippen LogP contribution in [-0.2, 0) is 13.6 Å². The van der Waals surface area contributed by atoms with Gasteiger partial charge in [-0.05, 0) is 56.3 Å². The fourth-order valence-corrected chi connectivity index (χ4v) is 3.66. The first-order chi connectivity index (χ1) is 11.2. The van der Waals surface area contributed by atoms with Crippen molar-refractivity contribution in [1.82, 2.24) is 14.7 Å². The summed E-state index contributed by atoms with van der Waals surface area (Å²) in [5, 5.41) is 4.34. The maximum Gasteiger partial charge on any atom is 0.0568 e. The van der Waals surface area contributed by atoms with Crippen LogP contribution in [0.15, 0.2) is 30.6 Å². The Morgan fingerprint density at radius 3 is 2.88 bits per heavy atom. The third-order valence-electron chi connectivity index (χ3n) is 4.85. The Morgan fingerprint density at radius 1 is 1.33 bits per heavy atom. The van der Waals surface area contributed by atoms with Crippen LogP contribution in [-0.4, -0.2) is 34.3 Å². The van der Waals surface area contributed by atoms with E-state index in [-0.39, 0.29) is 12.4 Å². The first kappa shape index (κ1) is 19.0. The maximum absolute atomic E-state index is 5.75. The molecule has 1 aromatic carbocycles. The average Bonchev–Trinajstić information content (AvgIpc) is 2.96. The van der Waals surface area contributed by atoms with Crippen molar-refractivity contribution >= 4 is 12.4 Å². The van der Waals surface area contributed by atoms with Gasteiger partial charge in [0.2, 0.25) is 0 Å². The molecule has 0 radical (unpaired) electrons. The molecule has 1 aliphatic heterocycles. The molecule has 0 saturated carbocycles. The predicted octanol–water partition coefficient (Wildman–Crippen LogP) is 3.38. The number of hydrogen-bond acceptors (Lipinski definition) is 3. The molecule has 24 heavy (non-hydrogen) atoms. The van der Waals surface area contributed by atoms with E-state index in [0.717, 1.165) is 25.4 Å². The van der Waals surface area contributed by atoms with Gasteiger partial charge in [-0.3, -0.25) is 9.58 Å². The number of nitrogens with two attached hydrogens (primary N) is 1. The van der Waals surface area contributed by atoms with E-state index < -0.39 is 0 Å². The highest BCUT2D eigenvalue weighted by Crippen LogP contribution is 2.28. The first-order valence-corrected chi connectivity index (χ1v) is 8.66. The Balaban J connectivity index is 0.00000208. The Labute approximate surface area is 151 Å². The summed E-state index contributed by atoms with van der Waals surface area (Å²) in [4.78, 5) is 2.59. The van der Waals surface area contributed by atoms with Crippen LogP contribution in [0.5, 0.6) is 0 Å². The van der Waals surface area contributed by atoms with Gasteiger partial charge in [0.25, 0.3) is 0 Å². The van der Waals surface area contributed by atoms with E-state index >= 15 is 0 Å². The van der Waals surface area contributed by atoms with Crippen LogP contribution in [0.1, 0.15) is 30.4 Å². The van der Waals surface area contributed by atoms with E-state index in [9.17, 15) is 0 Å². The Bertz CT molecular complexity index is 651. The summed E-state index contributed by atoms with van der Waals surface area (Å²) in [5.41, 5.74) is 11.0. The minimum Gasteiger partial charge on any atom is -0.330 e. The minimum absolute atomic E-state index is 0. The van der Waals surface area contributed by atoms with Crippen molar-refractivity contribution in [3.63, 3.8) is 0 Å². The summed E-state index contributed by atoms with van der Waals surface area (Å²) in [6, 6.07) is 6.79. The summed E-state index contributed by atoms with van der Waals surface area (Å²) < 4.78 is 1.87. The van der Waals surface area contributed by atoms with E-state index in [1.807, 2.05) is 17.9 Å². The van der Waals surface area contributed by atoms with Gasteiger partial charge in [0.1, 0.15) is 0 Å². The lowest BCUT2D eigenvalue weighted by molar-refractivity contribution is 0.163. The molecular weight excluding hydrogens is 320 g/mol. The molecule has 1 fully saturated rings. The standard InChI is InChI=1S/C19H28N4.ClH/c1-15-5-6-17(19(10-15)18-11-21-22(2)13-18)14-23-9-3-4-16(12-23)7-8-20;/h5-6,10-11,13,16H,3-4,7-9,12,14,20H2,1-2H3;1H. The fourth-order valence-electron chi connectivity index (χ4n) is 3.66. The third kappa shape index (κ3) is 4.59.